The molecule has 0 aliphatic heterocycles. The summed E-state index contributed by atoms with van der Waals surface area (Å²) in [6, 6.07) is 3.58. The van der Waals surface area contributed by atoms with E-state index in [0.29, 0.717) is 11.0 Å². The van der Waals surface area contributed by atoms with Crippen LogP contribution < -0.4 is 5.43 Å². The number of rotatable bonds is 3. The SMILES string of the molecule is CCOC(=O)c1cn(C2CC2)c2nc3cc(F)c(F)cc3cc2c1=O. The Labute approximate surface area is 140 Å². The van der Waals surface area contributed by atoms with Crippen LogP contribution in [0.15, 0.2) is 29.2 Å². The van der Waals surface area contributed by atoms with Crippen molar-refractivity contribution in [2.24, 2.45) is 0 Å². The van der Waals surface area contributed by atoms with Gasteiger partial charge in [-0.1, -0.05) is 0 Å². The van der Waals surface area contributed by atoms with Crippen molar-refractivity contribution in [2.45, 2.75) is 25.8 Å². The molecular formula is C18H14F2N2O3. The number of benzene rings is 1. The summed E-state index contributed by atoms with van der Waals surface area (Å²) in [4.78, 5) is 29.2. The van der Waals surface area contributed by atoms with Gasteiger partial charge in [-0.3, -0.25) is 4.79 Å². The largest absolute Gasteiger partial charge is 0.462 e. The highest BCUT2D eigenvalue weighted by Gasteiger charge is 2.28. The van der Waals surface area contributed by atoms with Crippen LogP contribution in [0.25, 0.3) is 21.9 Å². The van der Waals surface area contributed by atoms with Gasteiger partial charge in [-0.15, -0.1) is 0 Å². The smallest absolute Gasteiger partial charge is 0.343 e. The number of ether oxygens (including phenoxy) is 1. The first-order valence-electron chi connectivity index (χ1n) is 8.01. The maximum absolute atomic E-state index is 13.5. The minimum absolute atomic E-state index is 0.0787. The van der Waals surface area contributed by atoms with Crippen LogP contribution in [0.3, 0.4) is 0 Å². The van der Waals surface area contributed by atoms with Gasteiger partial charge in [-0.05, 0) is 31.9 Å². The topological polar surface area (TPSA) is 61.2 Å². The lowest BCUT2D eigenvalue weighted by Crippen LogP contribution is -2.21. The van der Waals surface area contributed by atoms with Gasteiger partial charge in [0.15, 0.2) is 11.6 Å². The molecule has 3 aromatic rings. The maximum Gasteiger partial charge on any atom is 0.343 e. The molecule has 0 saturated heterocycles. The van der Waals surface area contributed by atoms with E-state index >= 15 is 0 Å². The zero-order chi connectivity index (χ0) is 17.7. The van der Waals surface area contributed by atoms with Gasteiger partial charge in [0, 0.05) is 23.7 Å². The number of nitrogens with zero attached hydrogens (tertiary/aromatic N) is 2. The standard InChI is InChI=1S/C18H14F2N2O3/c1-2-25-18(24)12-8-22(10-3-4-10)17-11(16(12)23)5-9-6-13(19)14(20)7-15(9)21-17/h5-8,10H,2-4H2,1H3. The lowest BCUT2D eigenvalue weighted by atomic mass is 10.1. The van der Waals surface area contributed by atoms with E-state index in [1.807, 2.05) is 0 Å². The molecular weight excluding hydrogens is 330 g/mol. The van der Waals surface area contributed by atoms with Crippen molar-refractivity contribution in [1.82, 2.24) is 9.55 Å². The Balaban J connectivity index is 2.07. The third kappa shape index (κ3) is 2.56. The third-order valence-corrected chi connectivity index (χ3v) is 4.27. The normalized spacial score (nSPS) is 14.2. The van der Waals surface area contributed by atoms with Crippen molar-refractivity contribution in [3.8, 4) is 0 Å². The van der Waals surface area contributed by atoms with E-state index in [9.17, 15) is 18.4 Å². The van der Waals surface area contributed by atoms with Crippen LogP contribution in [0.1, 0.15) is 36.2 Å². The first-order chi connectivity index (χ1) is 12.0. The molecule has 0 atom stereocenters. The van der Waals surface area contributed by atoms with Crippen molar-refractivity contribution >= 4 is 27.9 Å². The Morgan fingerprint density at radius 2 is 2.00 bits per heavy atom. The van der Waals surface area contributed by atoms with Crippen LogP contribution in [0.4, 0.5) is 8.78 Å². The van der Waals surface area contributed by atoms with E-state index in [1.54, 1.807) is 11.5 Å². The summed E-state index contributed by atoms with van der Waals surface area (Å²) in [5.41, 5.74) is 0.0117. The van der Waals surface area contributed by atoms with Gasteiger partial charge >= 0.3 is 5.97 Å². The number of fused-ring (bicyclic) bond motifs is 2. The molecule has 25 heavy (non-hydrogen) atoms. The van der Waals surface area contributed by atoms with E-state index in [2.05, 4.69) is 4.98 Å². The molecule has 1 aliphatic carbocycles. The molecule has 1 aromatic carbocycles. The van der Waals surface area contributed by atoms with Crippen LogP contribution in [0.2, 0.25) is 0 Å². The Hall–Kier alpha value is -2.83. The van der Waals surface area contributed by atoms with E-state index in [1.165, 1.54) is 12.3 Å². The maximum atomic E-state index is 13.5. The Morgan fingerprint density at radius 3 is 2.68 bits per heavy atom. The highest BCUT2D eigenvalue weighted by molar-refractivity contribution is 5.96. The molecule has 4 rings (SSSR count). The predicted octanol–water partition coefficient (Wildman–Crippen LogP) is 3.34. The second-order valence-corrected chi connectivity index (χ2v) is 6.05. The predicted molar refractivity (Wildman–Crippen MR) is 87.7 cm³/mol. The van der Waals surface area contributed by atoms with Crippen LogP contribution in [-0.2, 0) is 4.74 Å². The number of hydrogen-bond donors (Lipinski definition) is 0. The molecule has 2 heterocycles. The molecule has 0 N–H and O–H groups in total. The van der Waals surface area contributed by atoms with Crippen LogP contribution in [-0.4, -0.2) is 22.1 Å². The van der Waals surface area contributed by atoms with Crippen molar-refractivity contribution in [2.75, 3.05) is 6.61 Å². The summed E-state index contributed by atoms with van der Waals surface area (Å²) >= 11 is 0. The summed E-state index contributed by atoms with van der Waals surface area (Å²) in [7, 11) is 0. The molecule has 0 bridgehead atoms. The zero-order valence-corrected chi connectivity index (χ0v) is 13.4. The van der Waals surface area contributed by atoms with E-state index in [4.69, 9.17) is 4.74 Å². The second-order valence-electron chi connectivity index (χ2n) is 6.05. The number of esters is 1. The fraction of sp³-hybridized carbons (Fsp3) is 0.278. The number of carbonyl (C=O) groups is 1. The number of pyridine rings is 2. The fourth-order valence-corrected chi connectivity index (χ4v) is 2.91. The molecule has 0 amide bonds. The number of hydrogen-bond acceptors (Lipinski definition) is 4. The summed E-state index contributed by atoms with van der Waals surface area (Å²) in [6.45, 7) is 1.81. The summed E-state index contributed by atoms with van der Waals surface area (Å²) < 4.78 is 33.7. The Kier molecular flexibility index (Phi) is 3.52. The molecule has 2 aromatic heterocycles. The molecule has 0 unspecified atom stereocenters. The molecule has 128 valence electrons. The quantitative estimate of drug-likeness (QED) is 0.540. The van der Waals surface area contributed by atoms with Crippen molar-refractivity contribution in [3.05, 3.63) is 51.8 Å². The van der Waals surface area contributed by atoms with Crippen molar-refractivity contribution in [1.29, 1.82) is 0 Å². The van der Waals surface area contributed by atoms with E-state index in [-0.39, 0.29) is 29.1 Å². The first kappa shape index (κ1) is 15.7. The lowest BCUT2D eigenvalue weighted by molar-refractivity contribution is 0.0524. The third-order valence-electron chi connectivity index (χ3n) is 4.27. The van der Waals surface area contributed by atoms with Crippen LogP contribution in [0, 0.1) is 11.6 Å². The van der Waals surface area contributed by atoms with Crippen molar-refractivity contribution in [3.63, 3.8) is 0 Å². The number of halogens is 2. The molecule has 1 saturated carbocycles. The Morgan fingerprint density at radius 1 is 1.28 bits per heavy atom. The highest BCUT2D eigenvalue weighted by atomic mass is 19.2. The summed E-state index contributed by atoms with van der Waals surface area (Å²) in [6.07, 6.45) is 3.26. The molecule has 1 fully saturated rings. The van der Waals surface area contributed by atoms with Gasteiger partial charge in [-0.25, -0.2) is 18.6 Å². The van der Waals surface area contributed by atoms with Crippen LogP contribution in [0.5, 0.6) is 0 Å². The summed E-state index contributed by atoms with van der Waals surface area (Å²) in [5.74, 6) is -2.71. The highest BCUT2D eigenvalue weighted by Crippen LogP contribution is 2.37. The number of aromatic nitrogens is 2. The average molecular weight is 344 g/mol. The molecule has 7 heteroatoms. The first-order valence-corrected chi connectivity index (χ1v) is 8.01. The Bertz CT molecular complexity index is 1090. The van der Waals surface area contributed by atoms with E-state index in [0.717, 1.165) is 25.0 Å². The van der Waals surface area contributed by atoms with Crippen LogP contribution >= 0.6 is 0 Å². The fourth-order valence-electron chi connectivity index (χ4n) is 2.91. The molecule has 0 spiro atoms. The molecule has 1 aliphatic rings. The van der Waals surface area contributed by atoms with Gasteiger partial charge in [0.05, 0.1) is 17.5 Å². The minimum atomic E-state index is -1.02. The zero-order valence-electron chi connectivity index (χ0n) is 13.4. The average Bonchev–Trinajstić information content (AvgIpc) is 3.40. The minimum Gasteiger partial charge on any atom is -0.462 e. The number of carbonyl (C=O) groups excluding carboxylic acids is 1. The van der Waals surface area contributed by atoms with E-state index < -0.39 is 23.0 Å². The lowest BCUT2D eigenvalue weighted by Gasteiger charge is -2.12. The molecule has 0 radical (unpaired) electrons. The molecule has 5 nitrogen and oxygen atoms in total. The van der Waals surface area contributed by atoms with Gasteiger partial charge < -0.3 is 9.30 Å². The van der Waals surface area contributed by atoms with Gasteiger partial charge in [0.25, 0.3) is 0 Å². The van der Waals surface area contributed by atoms with Crippen molar-refractivity contribution < 1.29 is 18.3 Å². The monoisotopic (exact) mass is 344 g/mol. The van der Waals surface area contributed by atoms with Gasteiger partial charge in [0.1, 0.15) is 11.2 Å². The second kappa shape index (κ2) is 5.61. The van der Waals surface area contributed by atoms with Gasteiger partial charge in [-0.2, -0.15) is 0 Å². The summed E-state index contributed by atoms with van der Waals surface area (Å²) in [5, 5.41) is 0.489. The van der Waals surface area contributed by atoms with Gasteiger partial charge in [0.2, 0.25) is 5.43 Å².